The van der Waals surface area contributed by atoms with E-state index in [4.69, 9.17) is 0 Å². The molecule has 144 valence electrons. The molecule has 1 N–H and O–H groups in total. The Morgan fingerprint density at radius 2 is 1.86 bits per heavy atom. The highest BCUT2D eigenvalue weighted by molar-refractivity contribution is 8.01. The molecule has 0 fully saturated rings. The molecule has 0 amide bonds. The van der Waals surface area contributed by atoms with E-state index < -0.39 is 0 Å². The minimum Gasteiger partial charge on any atom is -0.330 e. The number of fused-ring (bicyclic) bond motifs is 1. The summed E-state index contributed by atoms with van der Waals surface area (Å²) in [6.07, 6.45) is 5.74. The van der Waals surface area contributed by atoms with Crippen molar-refractivity contribution in [1.82, 2.24) is 10.2 Å². The lowest BCUT2D eigenvalue weighted by Gasteiger charge is -2.16. The zero-order valence-electron chi connectivity index (χ0n) is 15.9. The number of nitrogens with one attached hydrogen (secondary N) is 1. The Kier molecular flexibility index (Phi) is 6.07. The summed E-state index contributed by atoms with van der Waals surface area (Å²) in [6, 6.07) is 14.5. The van der Waals surface area contributed by atoms with Crippen LogP contribution in [0, 0.1) is 0 Å². The maximum atomic E-state index is 12.6. The van der Waals surface area contributed by atoms with E-state index in [1.165, 1.54) is 52.6 Å². The Morgan fingerprint density at radius 3 is 2.64 bits per heavy atom. The van der Waals surface area contributed by atoms with Crippen molar-refractivity contribution in [2.75, 3.05) is 11.1 Å². The van der Waals surface area contributed by atoms with Crippen LogP contribution in [0.3, 0.4) is 0 Å². The summed E-state index contributed by atoms with van der Waals surface area (Å²) in [4.78, 5) is 12.6. The standard InChI is InChI=1S/C22H23N3OS2/c1-2-15-7-11-19(12-8-15)23-21-24-25-22(28-21)27-14-20(26)18-10-9-16-5-3-4-6-17(16)13-18/h7-13H,2-6,14H2,1H3,(H,23,24). The van der Waals surface area contributed by atoms with Crippen LogP contribution in [-0.4, -0.2) is 21.7 Å². The molecule has 4 nitrogen and oxygen atoms in total. The first-order valence-electron chi connectivity index (χ1n) is 9.68. The van der Waals surface area contributed by atoms with E-state index in [2.05, 4.69) is 46.7 Å². The van der Waals surface area contributed by atoms with Gasteiger partial charge in [0.25, 0.3) is 0 Å². The Bertz CT molecular complexity index is 966. The molecule has 28 heavy (non-hydrogen) atoms. The average Bonchev–Trinajstić information content (AvgIpc) is 3.19. The van der Waals surface area contributed by atoms with Crippen molar-refractivity contribution in [3.05, 3.63) is 64.7 Å². The van der Waals surface area contributed by atoms with Gasteiger partial charge in [-0.25, -0.2) is 0 Å². The fourth-order valence-corrected chi connectivity index (χ4v) is 5.05. The number of aryl methyl sites for hydroxylation is 3. The minimum atomic E-state index is 0.151. The molecule has 1 aromatic heterocycles. The summed E-state index contributed by atoms with van der Waals surface area (Å²) < 4.78 is 0.805. The first-order chi connectivity index (χ1) is 13.7. The van der Waals surface area contributed by atoms with E-state index >= 15 is 0 Å². The minimum absolute atomic E-state index is 0.151. The quantitative estimate of drug-likeness (QED) is 0.401. The highest BCUT2D eigenvalue weighted by Crippen LogP contribution is 2.29. The van der Waals surface area contributed by atoms with Gasteiger partial charge in [0.05, 0.1) is 5.75 Å². The zero-order valence-corrected chi connectivity index (χ0v) is 17.5. The molecule has 0 aliphatic heterocycles. The highest BCUT2D eigenvalue weighted by atomic mass is 32.2. The number of hydrogen-bond acceptors (Lipinski definition) is 6. The Balaban J connectivity index is 1.34. The van der Waals surface area contributed by atoms with Crippen molar-refractivity contribution >= 4 is 39.7 Å². The van der Waals surface area contributed by atoms with Crippen LogP contribution >= 0.6 is 23.1 Å². The summed E-state index contributed by atoms with van der Waals surface area (Å²) in [5, 5.41) is 12.4. The number of thioether (sulfide) groups is 1. The van der Waals surface area contributed by atoms with Gasteiger partial charge in [0, 0.05) is 11.3 Å². The predicted molar refractivity (Wildman–Crippen MR) is 117 cm³/mol. The lowest BCUT2D eigenvalue weighted by molar-refractivity contribution is 0.102. The number of carbonyl (C=O) groups is 1. The molecule has 2 aromatic carbocycles. The van der Waals surface area contributed by atoms with Gasteiger partial charge in [-0.3, -0.25) is 4.79 Å². The molecule has 1 heterocycles. The summed E-state index contributed by atoms with van der Waals surface area (Å²) >= 11 is 2.93. The molecule has 1 aliphatic rings. The molecule has 6 heteroatoms. The molecule has 0 spiro atoms. The number of anilines is 2. The summed E-state index contributed by atoms with van der Waals surface area (Å²) in [5.41, 5.74) is 5.86. The van der Waals surface area contributed by atoms with Crippen LogP contribution in [0.5, 0.6) is 0 Å². The van der Waals surface area contributed by atoms with Crippen molar-refractivity contribution in [3.63, 3.8) is 0 Å². The van der Waals surface area contributed by atoms with E-state index in [0.29, 0.717) is 5.75 Å². The SMILES string of the molecule is CCc1ccc(Nc2nnc(SCC(=O)c3ccc4c(c3)CCCC4)s2)cc1. The molecule has 0 atom stereocenters. The fraction of sp³-hybridized carbons (Fsp3) is 0.318. The molecule has 0 unspecified atom stereocenters. The molecular formula is C22H23N3OS2. The Labute approximate surface area is 173 Å². The van der Waals surface area contributed by atoms with E-state index in [9.17, 15) is 4.79 Å². The molecule has 0 saturated heterocycles. The number of aromatic nitrogens is 2. The molecule has 4 rings (SSSR count). The van der Waals surface area contributed by atoms with Crippen molar-refractivity contribution in [1.29, 1.82) is 0 Å². The van der Waals surface area contributed by atoms with Gasteiger partial charge < -0.3 is 5.32 Å². The van der Waals surface area contributed by atoms with Crippen LogP contribution in [0.15, 0.2) is 46.8 Å². The van der Waals surface area contributed by atoms with E-state index in [0.717, 1.165) is 40.0 Å². The summed E-state index contributed by atoms with van der Waals surface area (Å²) in [5.74, 6) is 0.539. The third-order valence-corrected chi connectivity index (χ3v) is 6.99. The van der Waals surface area contributed by atoms with Crippen molar-refractivity contribution in [2.24, 2.45) is 0 Å². The maximum absolute atomic E-state index is 12.6. The number of benzene rings is 2. The number of Topliss-reactive ketones (excluding diaryl/α,β-unsaturated/α-hetero) is 1. The maximum Gasteiger partial charge on any atom is 0.210 e. The van der Waals surface area contributed by atoms with Crippen LogP contribution in [0.4, 0.5) is 10.8 Å². The lowest BCUT2D eigenvalue weighted by Crippen LogP contribution is -2.07. The van der Waals surface area contributed by atoms with Crippen LogP contribution in [0.25, 0.3) is 0 Å². The average molecular weight is 410 g/mol. The topological polar surface area (TPSA) is 54.9 Å². The smallest absolute Gasteiger partial charge is 0.210 e. The second-order valence-corrected chi connectivity index (χ2v) is 9.15. The Morgan fingerprint density at radius 1 is 1.07 bits per heavy atom. The molecule has 1 aliphatic carbocycles. The van der Waals surface area contributed by atoms with Gasteiger partial charge >= 0.3 is 0 Å². The van der Waals surface area contributed by atoms with Crippen LogP contribution in [0.2, 0.25) is 0 Å². The normalized spacial score (nSPS) is 13.2. The number of carbonyl (C=O) groups excluding carboxylic acids is 1. The zero-order chi connectivity index (χ0) is 19.3. The largest absolute Gasteiger partial charge is 0.330 e. The summed E-state index contributed by atoms with van der Waals surface area (Å²) in [7, 11) is 0. The van der Waals surface area contributed by atoms with E-state index in [-0.39, 0.29) is 5.78 Å². The molecule has 0 radical (unpaired) electrons. The third-order valence-electron chi connectivity index (χ3n) is 5.02. The first kappa shape index (κ1) is 19.2. The molecule has 3 aromatic rings. The van der Waals surface area contributed by atoms with Gasteiger partial charge in [0.2, 0.25) is 5.13 Å². The third kappa shape index (κ3) is 4.62. The molecule has 0 bridgehead atoms. The van der Waals surface area contributed by atoms with Crippen LogP contribution in [-0.2, 0) is 19.3 Å². The number of hydrogen-bond donors (Lipinski definition) is 1. The van der Waals surface area contributed by atoms with Gasteiger partial charge in [-0.15, -0.1) is 10.2 Å². The number of rotatable bonds is 7. The van der Waals surface area contributed by atoms with Crippen molar-refractivity contribution < 1.29 is 4.79 Å². The second kappa shape index (κ2) is 8.88. The lowest BCUT2D eigenvalue weighted by atomic mass is 9.90. The van der Waals surface area contributed by atoms with Gasteiger partial charge in [0.15, 0.2) is 10.1 Å². The highest BCUT2D eigenvalue weighted by Gasteiger charge is 2.14. The second-order valence-electron chi connectivity index (χ2n) is 6.95. The van der Waals surface area contributed by atoms with Gasteiger partial charge in [-0.05, 0) is 67.0 Å². The summed E-state index contributed by atoms with van der Waals surface area (Å²) in [6.45, 7) is 2.14. The monoisotopic (exact) mass is 409 g/mol. The molecular weight excluding hydrogens is 386 g/mol. The fourth-order valence-electron chi connectivity index (χ4n) is 3.38. The predicted octanol–water partition coefficient (Wildman–Crippen LogP) is 5.70. The van der Waals surface area contributed by atoms with Gasteiger partial charge in [0.1, 0.15) is 0 Å². The van der Waals surface area contributed by atoms with Crippen molar-refractivity contribution in [3.8, 4) is 0 Å². The van der Waals surface area contributed by atoms with Crippen LogP contribution in [0.1, 0.15) is 46.8 Å². The van der Waals surface area contributed by atoms with Gasteiger partial charge in [-0.1, -0.05) is 54.3 Å². The molecule has 0 saturated carbocycles. The van der Waals surface area contributed by atoms with Crippen molar-refractivity contribution in [2.45, 2.75) is 43.4 Å². The van der Waals surface area contributed by atoms with E-state index in [1.54, 1.807) is 0 Å². The number of ketones is 1. The van der Waals surface area contributed by atoms with Gasteiger partial charge in [-0.2, -0.15) is 0 Å². The number of nitrogens with zero attached hydrogens (tertiary/aromatic N) is 2. The van der Waals surface area contributed by atoms with Crippen LogP contribution < -0.4 is 5.32 Å². The Hall–Kier alpha value is -2.18. The van der Waals surface area contributed by atoms with E-state index in [1.807, 2.05) is 18.2 Å². The first-order valence-corrected chi connectivity index (χ1v) is 11.5.